The predicted molar refractivity (Wildman–Crippen MR) is 132 cm³/mol. The molecular weight excluding hydrogens is 428 g/mol. The summed E-state index contributed by atoms with van der Waals surface area (Å²) in [4.78, 5) is 32.3. The van der Waals surface area contributed by atoms with E-state index in [1.807, 2.05) is 37.3 Å². The van der Waals surface area contributed by atoms with E-state index >= 15 is 0 Å². The molecule has 1 N–H and O–H groups in total. The molecule has 0 spiro atoms. The molecule has 1 amide bonds. The lowest BCUT2D eigenvalue weighted by Crippen LogP contribution is -2.29. The summed E-state index contributed by atoms with van der Waals surface area (Å²) in [6.07, 6.45) is 3.23. The van der Waals surface area contributed by atoms with Crippen molar-refractivity contribution in [2.45, 2.75) is 39.2 Å². The molecule has 6 nitrogen and oxygen atoms in total. The van der Waals surface area contributed by atoms with Gasteiger partial charge in [-0.3, -0.25) is 19.5 Å². The van der Waals surface area contributed by atoms with E-state index in [0.717, 1.165) is 11.1 Å². The Hall–Kier alpha value is -3.93. The highest BCUT2D eigenvalue weighted by Crippen LogP contribution is 2.43. The molecule has 2 aromatic carbocycles. The number of carbonyl (C=O) groups is 2. The second kappa shape index (κ2) is 8.78. The van der Waals surface area contributed by atoms with Crippen LogP contribution in [0.15, 0.2) is 72.6 Å². The number of ether oxygens (including phenoxy) is 1. The van der Waals surface area contributed by atoms with E-state index in [1.165, 1.54) is 12.0 Å². The van der Waals surface area contributed by atoms with Gasteiger partial charge in [0.2, 0.25) is 0 Å². The van der Waals surface area contributed by atoms with Gasteiger partial charge in [-0.1, -0.05) is 45.0 Å². The molecular formula is C28H28N2O4. The van der Waals surface area contributed by atoms with Crippen LogP contribution in [0, 0.1) is 6.92 Å². The number of aryl methyl sites for hydroxylation is 1. The third-order valence-corrected chi connectivity index (χ3v) is 6.05. The molecule has 1 aromatic heterocycles. The molecule has 1 unspecified atom stereocenters. The molecule has 1 atom stereocenters. The molecule has 174 valence electrons. The lowest BCUT2D eigenvalue weighted by molar-refractivity contribution is -0.132. The van der Waals surface area contributed by atoms with E-state index in [1.54, 1.807) is 36.7 Å². The molecule has 0 aliphatic carbocycles. The van der Waals surface area contributed by atoms with Gasteiger partial charge in [0, 0.05) is 18.1 Å². The van der Waals surface area contributed by atoms with Crippen LogP contribution in [-0.2, 0) is 15.0 Å². The lowest BCUT2D eigenvalue weighted by Gasteiger charge is -2.26. The van der Waals surface area contributed by atoms with Crippen molar-refractivity contribution in [2.24, 2.45) is 0 Å². The number of Topliss-reactive ketones (excluding diaryl/α,β-unsaturated/α-hetero) is 1. The minimum Gasteiger partial charge on any atom is -0.507 e. The fraction of sp³-hybridized carbons (Fsp3) is 0.250. The maximum atomic E-state index is 13.4. The third-order valence-electron chi connectivity index (χ3n) is 6.05. The van der Waals surface area contributed by atoms with E-state index in [4.69, 9.17) is 4.74 Å². The molecule has 2 heterocycles. The Morgan fingerprint density at radius 1 is 1.06 bits per heavy atom. The Kier molecular flexibility index (Phi) is 6.00. The number of nitrogens with zero attached hydrogens (tertiary/aromatic N) is 2. The van der Waals surface area contributed by atoms with E-state index in [2.05, 4.69) is 25.8 Å². The Morgan fingerprint density at radius 2 is 1.82 bits per heavy atom. The Morgan fingerprint density at radius 3 is 2.44 bits per heavy atom. The first-order valence-corrected chi connectivity index (χ1v) is 11.1. The number of methoxy groups -OCH3 is 1. The van der Waals surface area contributed by atoms with Crippen LogP contribution < -0.4 is 9.64 Å². The van der Waals surface area contributed by atoms with Crippen LogP contribution in [-0.4, -0.2) is 28.9 Å². The molecule has 3 aromatic rings. The monoisotopic (exact) mass is 456 g/mol. The number of anilines is 1. The highest BCUT2D eigenvalue weighted by Gasteiger charge is 2.47. The number of aromatic nitrogens is 1. The van der Waals surface area contributed by atoms with E-state index in [0.29, 0.717) is 22.6 Å². The molecule has 34 heavy (non-hydrogen) atoms. The van der Waals surface area contributed by atoms with Crippen LogP contribution in [0.4, 0.5) is 5.69 Å². The smallest absolute Gasteiger partial charge is 0.300 e. The van der Waals surface area contributed by atoms with Crippen LogP contribution in [0.2, 0.25) is 0 Å². The molecule has 1 fully saturated rings. The summed E-state index contributed by atoms with van der Waals surface area (Å²) in [6.45, 7) is 8.10. The maximum Gasteiger partial charge on any atom is 0.300 e. The van der Waals surface area contributed by atoms with Crippen molar-refractivity contribution in [3.05, 3.63) is 94.8 Å². The van der Waals surface area contributed by atoms with Gasteiger partial charge in [-0.05, 0) is 59.4 Å². The third kappa shape index (κ3) is 4.07. The summed E-state index contributed by atoms with van der Waals surface area (Å²) in [5, 5.41) is 11.5. The first kappa shape index (κ1) is 23.2. The summed E-state index contributed by atoms with van der Waals surface area (Å²) >= 11 is 0. The predicted octanol–water partition coefficient (Wildman–Crippen LogP) is 5.32. The zero-order valence-corrected chi connectivity index (χ0v) is 20.0. The van der Waals surface area contributed by atoms with Crippen LogP contribution >= 0.6 is 0 Å². The van der Waals surface area contributed by atoms with Crippen LogP contribution in [0.3, 0.4) is 0 Å². The molecule has 0 saturated carbocycles. The second-order valence-electron chi connectivity index (χ2n) is 9.46. The summed E-state index contributed by atoms with van der Waals surface area (Å²) in [5.41, 5.74) is 3.28. The second-order valence-corrected chi connectivity index (χ2v) is 9.46. The Labute approximate surface area is 199 Å². The number of ketones is 1. The van der Waals surface area contributed by atoms with Crippen LogP contribution in [0.1, 0.15) is 49.1 Å². The highest BCUT2D eigenvalue weighted by atomic mass is 16.5. The number of hydrogen-bond donors (Lipinski definition) is 1. The Balaban J connectivity index is 1.99. The standard InChI is InChI=1S/C28H28N2O4/c1-17-8-6-10-20(14-17)30-24(18-9-7-13-29-16-18)23(26(32)27(30)33)25(31)21-15-19(28(2,3)4)11-12-22(21)34-5/h6-16,24,31H,1-5H3/b25-23+. The quantitative estimate of drug-likeness (QED) is 0.326. The van der Waals surface area contributed by atoms with Crippen LogP contribution in [0.25, 0.3) is 5.76 Å². The van der Waals surface area contributed by atoms with E-state index < -0.39 is 17.7 Å². The average Bonchev–Trinajstić information content (AvgIpc) is 3.08. The number of pyridine rings is 1. The number of amides is 1. The summed E-state index contributed by atoms with van der Waals surface area (Å²) in [6, 6.07) is 15.6. The number of aliphatic hydroxyl groups is 1. The van der Waals surface area contributed by atoms with E-state index in [-0.39, 0.29) is 16.7 Å². The summed E-state index contributed by atoms with van der Waals surface area (Å²) in [7, 11) is 1.51. The molecule has 4 rings (SSSR count). The van der Waals surface area contributed by atoms with Gasteiger partial charge >= 0.3 is 0 Å². The average molecular weight is 457 g/mol. The normalized spacial score (nSPS) is 17.8. The molecule has 0 radical (unpaired) electrons. The number of benzene rings is 2. The van der Waals surface area contributed by atoms with Gasteiger partial charge in [0.1, 0.15) is 11.5 Å². The van der Waals surface area contributed by atoms with Crippen molar-refractivity contribution in [3.8, 4) is 5.75 Å². The first-order chi connectivity index (χ1) is 16.1. The molecule has 1 aliphatic rings. The van der Waals surface area contributed by atoms with Crippen molar-refractivity contribution in [1.82, 2.24) is 4.98 Å². The van der Waals surface area contributed by atoms with Gasteiger partial charge in [-0.15, -0.1) is 0 Å². The van der Waals surface area contributed by atoms with Gasteiger partial charge < -0.3 is 9.84 Å². The number of hydrogen-bond acceptors (Lipinski definition) is 5. The number of rotatable bonds is 4. The maximum absolute atomic E-state index is 13.4. The van der Waals surface area contributed by atoms with Gasteiger partial charge in [0.15, 0.2) is 0 Å². The minimum atomic E-state index is -0.835. The SMILES string of the molecule is COc1ccc(C(C)(C)C)cc1/C(O)=C1\C(=O)C(=O)N(c2cccc(C)c2)C1c1cccnc1. The summed E-state index contributed by atoms with van der Waals surface area (Å²) in [5.74, 6) is -1.31. The molecule has 0 bridgehead atoms. The van der Waals surface area contributed by atoms with Crippen LogP contribution in [0.5, 0.6) is 5.75 Å². The van der Waals surface area contributed by atoms with Crippen molar-refractivity contribution < 1.29 is 19.4 Å². The number of carbonyl (C=O) groups excluding carboxylic acids is 2. The fourth-order valence-corrected chi connectivity index (χ4v) is 4.23. The molecule has 1 aliphatic heterocycles. The summed E-state index contributed by atoms with van der Waals surface area (Å²) < 4.78 is 5.51. The molecule has 6 heteroatoms. The van der Waals surface area contributed by atoms with Crippen molar-refractivity contribution in [2.75, 3.05) is 12.0 Å². The topological polar surface area (TPSA) is 79.7 Å². The fourth-order valence-electron chi connectivity index (χ4n) is 4.23. The zero-order valence-electron chi connectivity index (χ0n) is 20.0. The molecule has 1 saturated heterocycles. The highest BCUT2D eigenvalue weighted by molar-refractivity contribution is 6.51. The minimum absolute atomic E-state index is 0.00358. The van der Waals surface area contributed by atoms with Gasteiger partial charge in [0.25, 0.3) is 11.7 Å². The zero-order chi connectivity index (χ0) is 24.6. The van der Waals surface area contributed by atoms with Gasteiger partial charge in [0.05, 0.1) is 24.3 Å². The van der Waals surface area contributed by atoms with Crippen molar-refractivity contribution in [1.29, 1.82) is 0 Å². The number of aliphatic hydroxyl groups excluding tert-OH is 1. The van der Waals surface area contributed by atoms with E-state index in [9.17, 15) is 14.7 Å². The van der Waals surface area contributed by atoms with Gasteiger partial charge in [-0.25, -0.2) is 0 Å². The van der Waals surface area contributed by atoms with Crippen molar-refractivity contribution in [3.63, 3.8) is 0 Å². The largest absolute Gasteiger partial charge is 0.507 e. The Bertz CT molecular complexity index is 1290. The van der Waals surface area contributed by atoms with Crippen molar-refractivity contribution >= 4 is 23.1 Å². The first-order valence-electron chi connectivity index (χ1n) is 11.1. The lowest BCUT2D eigenvalue weighted by atomic mass is 9.85. The van der Waals surface area contributed by atoms with Gasteiger partial charge in [-0.2, -0.15) is 0 Å².